The monoisotopic (exact) mass is 349 g/mol. The van der Waals surface area contributed by atoms with Crippen LogP contribution in [0.15, 0.2) is 22.8 Å². The maximum Gasteiger partial charge on any atom is 0.409 e. The third-order valence-electron chi connectivity index (χ3n) is 4.61. The van der Waals surface area contributed by atoms with Gasteiger partial charge >= 0.3 is 6.09 Å². The van der Waals surface area contributed by atoms with Gasteiger partial charge in [0.15, 0.2) is 0 Å². The smallest absolute Gasteiger partial charge is 0.409 e. The molecule has 3 rings (SSSR count). The third kappa shape index (κ3) is 3.94. The van der Waals surface area contributed by atoms with Crippen molar-refractivity contribution in [3.63, 3.8) is 0 Å². The molecule has 0 radical (unpaired) electrons. The fourth-order valence-electron chi connectivity index (χ4n) is 3.26. The SMILES string of the molecule is CCOC(=O)N1CCN(C(=O)[C@@H]2CC(=O)N(Cc3ccco3)C2)CC1. The number of carbonyl (C=O) groups excluding carboxylic acids is 3. The van der Waals surface area contributed by atoms with Crippen molar-refractivity contribution >= 4 is 17.9 Å². The number of hydrogen-bond acceptors (Lipinski definition) is 5. The van der Waals surface area contributed by atoms with Crippen LogP contribution in [0.25, 0.3) is 0 Å². The summed E-state index contributed by atoms with van der Waals surface area (Å²) < 4.78 is 10.2. The van der Waals surface area contributed by atoms with Crippen molar-refractivity contribution in [2.75, 3.05) is 39.3 Å². The van der Waals surface area contributed by atoms with Crippen LogP contribution in [-0.2, 0) is 20.9 Å². The van der Waals surface area contributed by atoms with Gasteiger partial charge in [0.2, 0.25) is 11.8 Å². The summed E-state index contributed by atoms with van der Waals surface area (Å²) in [6.45, 7) is 4.78. The number of rotatable bonds is 4. The standard InChI is InChI=1S/C17H23N3O5/c1-2-24-17(23)19-7-5-18(6-8-19)16(22)13-10-15(21)20(11-13)12-14-4-3-9-25-14/h3-4,9,13H,2,5-8,10-12H2,1H3/t13-/m1/s1. The molecule has 0 spiro atoms. The summed E-state index contributed by atoms with van der Waals surface area (Å²) in [6, 6.07) is 3.60. The van der Waals surface area contributed by atoms with Crippen LogP contribution in [0.5, 0.6) is 0 Å². The van der Waals surface area contributed by atoms with E-state index >= 15 is 0 Å². The second-order valence-corrected chi connectivity index (χ2v) is 6.27. The molecule has 3 heterocycles. The number of ether oxygens (including phenoxy) is 1. The van der Waals surface area contributed by atoms with Gasteiger partial charge in [-0.1, -0.05) is 0 Å². The van der Waals surface area contributed by atoms with Crippen LogP contribution in [0.1, 0.15) is 19.1 Å². The van der Waals surface area contributed by atoms with Gasteiger partial charge in [0.05, 0.1) is 25.3 Å². The minimum atomic E-state index is -0.338. The van der Waals surface area contributed by atoms with Gasteiger partial charge in [-0.2, -0.15) is 0 Å². The number of likely N-dealkylation sites (tertiary alicyclic amines) is 1. The highest BCUT2D eigenvalue weighted by Crippen LogP contribution is 2.23. The topological polar surface area (TPSA) is 83.3 Å². The molecule has 0 aliphatic carbocycles. The Hall–Kier alpha value is -2.51. The second kappa shape index (κ2) is 7.58. The van der Waals surface area contributed by atoms with Gasteiger partial charge < -0.3 is 23.9 Å². The minimum Gasteiger partial charge on any atom is -0.467 e. The molecular weight excluding hydrogens is 326 g/mol. The van der Waals surface area contributed by atoms with Crippen molar-refractivity contribution in [2.24, 2.45) is 5.92 Å². The van der Waals surface area contributed by atoms with Gasteiger partial charge in [0.25, 0.3) is 0 Å². The number of furan rings is 1. The average Bonchev–Trinajstić information content (AvgIpc) is 3.25. The first-order valence-corrected chi connectivity index (χ1v) is 8.59. The van der Waals surface area contributed by atoms with Crippen LogP contribution in [0.2, 0.25) is 0 Å². The van der Waals surface area contributed by atoms with Gasteiger partial charge in [0.1, 0.15) is 5.76 Å². The van der Waals surface area contributed by atoms with E-state index in [1.54, 1.807) is 34.0 Å². The fraction of sp³-hybridized carbons (Fsp3) is 0.588. The van der Waals surface area contributed by atoms with Crippen LogP contribution in [0, 0.1) is 5.92 Å². The molecule has 25 heavy (non-hydrogen) atoms. The van der Waals surface area contributed by atoms with Crippen LogP contribution in [-0.4, -0.2) is 71.9 Å². The zero-order valence-electron chi connectivity index (χ0n) is 14.3. The van der Waals surface area contributed by atoms with Crippen molar-refractivity contribution in [2.45, 2.75) is 19.9 Å². The zero-order chi connectivity index (χ0) is 17.8. The van der Waals surface area contributed by atoms with E-state index in [1.165, 1.54) is 0 Å². The minimum absolute atomic E-state index is 0.0150. The van der Waals surface area contributed by atoms with Crippen molar-refractivity contribution in [3.05, 3.63) is 24.2 Å². The molecule has 1 atom stereocenters. The Morgan fingerprint density at radius 1 is 1.24 bits per heavy atom. The predicted molar refractivity (Wildman–Crippen MR) is 87.4 cm³/mol. The summed E-state index contributed by atoms with van der Waals surface area (Å²) in [7, 11) is 0. The van der Waals surface area contributed by atoms with Crippen molar-refractivity contribution in [3.8, 4) is 0 Å². The van der Waals surface area contributed by atoms with Crippen LogP contribution in [0.3, 0.4) is 0 Å². The maximum atomic E-state index is 12.7. The van der Waals surface area contributed by atoms with Crippen molar-refractivity contribution in [1.29, 1.82) is 0 Å². The summed E-state index contributed by atoms with van der Waals surface area (Å²) >= 11 is 0. The Bertz CT molecular complexity index is 622. The Kier molecular flexibility index (Phi) is 5.25. The van der Waals surface area contributed by atoms with E-state index in [4.69, 9.17) is 9.15 Å². The highest BCUT2D eigenvalue weighted by molar-refractivity contribution is 5.89. The van der Waals surface area contributed by atoms with E-state index in [1.807, 2.05) is 6.07 Å². The Balaban J connectivity index is 1.50. The van der Waals surface area contributed by atoms with E-state index in [2.05, 4.69) is 0 Å². The number of amides is 3. The molecule has 8 nitrogen and oxygen atoms in total. The Morgan fingerprint density at radius 3 is 2.60 bits per heavy atom. The lowest BCUT2D eigenvalue weighted by Gasteiger charge is -2.35. The van der Waals surface area contributed by atoms with Gasteiger partial charge in [-0.25, -0.2) is 4.79 Å². The summed E-state index contributed by atoms with van der Waals surface area (Å²) in [5, 5.41) is 0. The molecule has 2 aliphatic heterocycles. The number of nitrogens with zero attached hydrogens (tertiary/aromatic N) is 3. The van der Waals surface area contributed by atoms with E-state index < -0.39 is 0 Å². The second-order valence-electron chi connectivity index (χ2n) is 6.27. The van der Waals surface area contributed by atoms with Crippen LogP contribution >= 0.6 is 0 Å². The summed E-state index contributed by atoms with van der Waals surface area (Å²) in [5.41, 5.74) is 0. The summed E-state index contributed by atoms with van der Waals surface area (Å²) in [6.07, 6.45) is 1.47. The molecule has 0 unspecified atom stereocenters. The van der Waals surface area contributed by atoms with Crippen LogP contribution in [0.4, 0.5) is 4.79 Å². The lowest BCUT2D eigenvalue weighted by Crippen LogP contribution is -2.52. The number of carbonyl (C=O) groups is 3. The normalized spacial score (nSPS) is 20.9. The molecule has 0 saturated carbocycles. The molecule has 136 valence electrons. The molecular formula is C17H23N3O5. The molecule has 1 aromatic heterocycles. The highest BCUT2D eigenvalue weighted by atomic mass is 16.6. The summed E-state index contributed by atoms with van der Waals surface area (Å²) in [5.74, 6) is 0.347. The summed E-state index contributed by atoms with van der Waals surface area (Å²) in [4.78, 5) is 41.6. The first-order valence-electron chi connectivity index (χ1n) is 8.59. The molecule has 2 aliphatic rings. The molecule has 0 N–H and O–H groups in total. The Morgan fingerprint density at radius 2 is 1.96 bits per heavy atom. The molecule has 0 aromatic carbocycles. The van der Waals surface area contributed by atoms with Crippen molar-refractivity contribution < 1.29 is 23.5 Å². The van der Waals surface area contributed by atoms with E-state index in [-0.39, 0.29) is 30.2 Å². The van der Waals surface area contributed by atoms with E-state index in [0.717, 1.165) is 0 Å². The van der Waals surface area contributed by atoms with Gasteiger partial charge in [-0.15, -0.1) is 0 Å². The molecule has 0 bridgehead atoms. The average molecular weight is 349 g/mol. The van der Waals surface area contributed by atoms with E-state index in [0.29, 0.717) is 51.6 Å². The number of piperazine rings is 1. The highest BCUT2D eigenvalue weighted by Gasteiger charge is 2.37. The number of hydrogen-bond donors (Lipinski definition) is 0. The molecule has 2 fully saturated rings. The first-order chi connectivity index (χ1) is 12.1. The predicted octanol–water partition coefficient (Wildman–Crippen LogP) is 0.929. The van der Waals surface area contributed by atoms with Gasteiger partial charge in [-0.05, 0) is 19.1 Å². The van der Waals surface area contributed by atoms with Gasteiger partial charge in [0, 0.05) is 39.1 Å². The van der Waals surface area contributed by atoms with Gasteiger partial charge in [-0.3, -0.25) is 9.59 Å². The molecule has 8 heteroatoms. The zero-order valence-corrected chi connectivity index (χ0v) is 14.3. The third-order valence-corrected chi connectivity index (χ3v) is 4.61. The first kappa shape index (κ1) is 17.3. The largest absolute Gasteiger partial charge is 0.467 e. The molecule has 2 saturated heterocycles. The maximum absolute atomic E-state index is 12.7. The molecule has 3 amide bonds. The fourth-order valence-corrected chi connectivity index (χ4v) is 3.26. The lowest BCUT2D eigenvalue weighted by molar-refractivity contribution is -0.137. The van der Waals surface area contributed by atoms with Crippen molar-refractivity contribution in [1.82, 2.24) is 14.7 Å². The molecule has 1 aromatic rings. The van der Waals surface area contributed by atoms with E-state index in [9.17, 15) is 14.4 Å². The lowest BCUT2D eigenvalue weighted by atomic mass is 10.1. The van der Waals surface area contributed by atoms with Crippen LogP contribution < -0.4 is 0 Å². The quantitative estimate of drug-likeness (QED) is 0.807. The Labute approximate surface area is 146 Å².